The van der Waals surface area contributed by atoms with Crippen LogP contribution in [-0.2, 0) is 0 Å². The summed E-state index contributed by atoms with van der Waals surface area (Å²) in [6.45, 7) is 4.15. The van der Waals surface area contributed by atoms with Crippen molar-refractivity contribution in [1.29, 1.82) is 0 Å². The Morgan fingerprint density at radius 1 is 0.714 bits per heavy atom. The van der Waals surface area contributed by atoms with Crippen molar-refractivity contribution in [3.8, 4) is 11.5 Å². The topological polar surface area (TPSA) is 18.5 Å². The number of ether oxygens (including phenoxy) is 2. The molecule has 2 heteroatoms. The largest absolute Gasteiger partial charge is 0.445 e. The van der Waals surface area contributed by atoms with E-state index in [4.69, 9.17) is 9.47 Å². The lowest BCUT2D eigenvalue weighted by Crippen LogP contribution is -2.41. The summed E-state index contributed by atoms with van der Waals surface area (Å²) in [5.74, 6) is 0.872. The molecule has 104 valence electrons. The molecule has 2 aromatic rings. The minimum absolute atomic E-state index is 0.829. The second kappa shape index (κ2) is 4.26. The Bertz CT molecular complexity index is 717. The zero-order valence-corrected chi connectivity index (χ0v) is 12.1. The third-order valence-corrected chi connectivity index (χ3v) is 3.86. The molecule has 0 aliphatic carbocycles. The smallest absolute Gasteiger partial charge is 0.291 e. The van der Waals surface area contributed by atoms with Crippen LogP contribution in [0.1, 0.15) is 22.3 Å². The lowest BCUT2D eigenvalue weighted by Gasteiger charge is -2.35. The Morgan fingerprint density at radius 2 is 1.19 bits per heavy atom. The molecule has 0 fully saturated rings. The fourth-order valence-electron chi connectivity index (χ4n) is 2.75. The SMILES string of the molecule is Cc1ccc2c(c1)C=CC1(C=Cc3cc(C)ccc3O1)O2. The molecule has 0 amide bonds. The van der Waals surface area contributed by atoms with Gasteiger partial charge in [-0.15, -0.1) is 0 Å². The lowest BCUT2D eigenvalue weighted by atomic mass is 10.0. The zero-order chi connectivity index (χ0) is 14.4. The van der Waals surface area contributed by atoms with Gasteiger partial charge >= 0.3 is 0 Å². The van der Waals surface area contributed by atoms with Gasteiger partial charge in [0.1, 0.15) is 11.5 Å². The predicted octanol–water partition coefficient (Wildman–Crippen LogP) is 4.51. The molecule has 0 unspecified atom stereocenters. The van der Waals surface area contributed by atoms with E-state index in [0.29, 0.717) is 0 Å². The molecule has 21 heavy (non-hydrogen) atoms. The first-order chi connectivity index (χ1) is 10.1. The van der Waals surface area contributed by atoms with E-state index in [1.165, 1.54) is 11.1 Å². The van der Waals surface area contributed by atoms with Crippen molar-refractivity contribution in [1.82, 2.24) is 0 Å². The molecule has 2 nitrogen and oxygen atoms in total. The Hall–Kier alpha value is -2.48. The summed E-state index contributed by atoms with van der Waals surface area (Å²) in [5.41, 5.74) is 4.62. The molecule has 0 saturated heterocycles. The van der Waals surface area contributed by atoms with E-state index < -0.39 is 5.79 Å². The fraction of sp³-hybridized carbons (Fsp3) is 0.158. The summed E-state index contributed by atoms with van der Waals surface area (Å²) < 4.78 is 12.2. The zero-order valence-electron chi connectivity index (χ0n) is 12.1. The number of aryl methyl sites for hydroxylation is 2. The van der Waals surface area contributed by atoms with Gasteiger partial charge < -0.3 is 9.47 Å². The van der Waals surface area contributed by atoms with Gasteiger partial charge in [-0.25, -0.2) is 0 Å². The van der Waals surface area contributed by atoms with E-state index in [1.807, 2.05) is 24.3 Å². The Kier molecular flexibility index (Phi) is 2.49. The molecule has 0 saturated carbocycles. The Balaban J connectivity index is 1.73. The summed E-state index contributed by atoms with van der Waals surface area (Å²) in [6.07, 6.45) is 8.06. The van der Waals surface area contributed by atoms with Gasteiger partial charge in [-0.3, -0.25) is 0 Å². The van der Waals surface area contributed by atoms with Crippen LogP contribution in [0.2, 0.25) is 0 Å². The summed E-state index contributed by atoms with van der Waals surface area (Å²) in [7, 11) is 0. The third kappa shape index (κ3) is 2.04. The molecule has 0 radical (unpaired) electrons. The van der Waals surface area contributed by atoms with E-state index in [9.17, 15) is 0 Å². The molecular formula is C19H16O2. The van der Waals surface area contributed by atoms with Gasteiger partial charge in [0.05, 0.1) is 0 Å². The predicted molar refractivity (Wildman–Crippen MR) is 84.4 cm³/mol. The number of hydrogen-bond acceptors (Lipinski definition) is 2. The molecule has 0 N–H and O–H groups in total. The van der Waals surface area contributed by atoms with Crippen molar-refractivity contribution in [3.05, 3.63) is 70.8 Å². The molecule has 0 bridgehead atoms. The molecule has 2 aromatic carbocycles. The molecule has 2 heterocycles. The van der Waals surface area contributed by atoms with Crippen LogP contribution in [0.3, 0.4) is 0 Å². The molecule has 2 aliphatic heterocycles. The quantitative estimate of drug-likeness (QED) is 0.704. The van der Waals surface area contributed by atoms with E-state index in [-0.39, 0.29) is 0 Å². The number of hydrogen-bond donors (Lipinski definition) is 0. The van der Waals surface area contributed by atoms with Crippen LogP contribution in [0.15, 0.2) is 48.6 Å². The summed E-state index contributed by atoms with van der Waals surface area (Å²) in [4.78, 5) is 0. The van der Waals surface area contributed by atoms with Gasteiger partial charge in [-0.05, 0) is 50.3 Å². The first-order valence-corrected chi connectivity index (χ1v) is 7.11. The minimum Gasteiger partial charge on any atom is -0.445 e. The Labute approximate surface area is 124 Å². The maximum Gasteiger partial charge on any atom is 0.291 e. The van der Waals surface area contributed by atoms with Gasteiger partial charge in [-0.2, -0.15) is 0 Å². The van der Waals surface area contributed by atoms with Gasteiger partial charge in [0.25, 0.3) is 5.79 Å². The van der Waals surface area contributed by atoms with Crippen molar-refractivity contribution in [2.24, 2.45) is 0 Å². The summed E-state index contributed by atoms with van der Waals surface area (Å²) in [6, 6.07) is 12.3. The lowest BCUT2D eigenvalue weighted by molar-refractivity contribution is -0.0307. The van der Waals surface area contributed by atoms with E-state index >= 15 is 0 Å². The summed E-state index contributed by atoms with van der Waals surface area (Å²) >= 11 is 0. The molecular weight excluding hydrogens is 260 g/mol. The first kappa shape index (κ1) is 12.3. The highest BCUT2D eigenvalue weighted by Gasteiger charge is 2.35. The highest BCUT2D eigenvalue weighted by Crippen LogP contribution is 2.38. The average Bonchev–Trinajstić information content (AvgIpc) is 2.48. The van der Waals surface area contributed by atoms with Crippen molar-refractivity contribution in [2.45, 2.75) is 19.6 Å². The van der Waals surface area contributed by atoms with Crippen molar-refractivity contribution in [3.63, 3.8) is 0 Å². The van der Waals surface area contributed by atoms with Crippen LogP contribution >= 0.6 is 0 Å². The Morgan fingerprint density at radius 3 is 1.67 bits per heavy atom. The number of benzene rings is 2. The van der Waals surface area contributed by atoms with Crippen molar-refractivity contribution >= 4 is 12.2 Å². The highest BCUT2D eigenvalue weighted by atomic mass is 16.7. The first-order valence-electron chi connectivity index (χ1n) is 7.11. The highest BCUT2D eigenvalue weighted by molar-refractivity contribution is 5.67. The van der Waals surface area contributed by atoms with Gasteiger partial charge in [0.15, 0.2) is 0 Å². The molecule has 0 atom stereocenters. The minimum atomic E-state index is -0.829. The maximum atomic E-state index is 6.11. The second-order valence-electron chi connectivity index (χ2n) is 5.67. The van der Waals surface area contributed by atoms with Crippen LogP contribution in [0, 0.1) is 13.8 Å². The van der Waals surface area contributed by atoms with Crippen LogP contribution < -0.4 is 9.47 Å². The molecule has 2 aliphatic rings. The van der Waals surface area contributed by atoms with Crippen LogP contribution in [-0.4, -0.2) is 5.79 Å². The number of fused-ring (bicyclic) bond motifs is 2. The molecule has 1 spiro atoms. The second-order valence-corrected chi connectivity index (χ2v) is 5.67. The van der Waals surface area contributed by atoms with Crippen molar-refractivity contribution < 1.29 is 9.47 Å². The van der Waals surface area contributed by atoms with Gasteiger partial charge in [0.2, 0.25) is 0 Å². The fourth-order valence-corrected chi connectivity index (χ4v) is 2.75. The average molecular weight is 276 g/mol. The van der Waals surface area contributed by atoms with E-state index in [2.05, 4.69) is 50.3 Å². The van der Waals surface area contributed by atoms with E-state index in [1.54, 1.807) is 0 Å². The van der Waals surface area contributed by atoms with Gasteiger partial charge in [-0.1, -0.05) is 23.3 Å². The van der Waals surface area contributed by atoms with Crippen LogP contribution in [0.5, 0.6) is 11.5 Å². The van der Waals surface area contributed by atoms with Crippen LogP contribution in [0.4, 0.5) is 0 Å². The van der Waals surface area contributed by atoms with Crippen LogP contribution in [0.25, 0.3) is 12.2 Å². The monoisotopic (exact) mass is 276 g/mol. The maximum absolute atomic E-state index is 6.11. The third-order valence-electron chi connectivity index (χ3n) is 3.86. The normalized spacial score (nSPS) is 16.9. The van der Waals surface area contributed by atoms with E-state index in [0.717, 1.165) is 22.6 Å². The standard InChI is InChI=1S/C19H16O2/c1-13-3-5-17-15(11-13)7-9-19(20-17)10-8-16-12-14(2)4-6-18(16)21-19/h3-12H,1-2H3. The molecule has 0 aromatic heterocycles. The molecule has 4 rings (SSSR count). The van der Waals surface area contributed by atoms with Crippen molar-refractivity contribution in [2.75, 3.05) is 0 Å². The summed E-state index contributed by atoms with van der Waals surface area (Å²) in [5, 5.41) is 0. The number of rotatable bonds is 0. The van der Waals surface area contributed by atoms with Gasteiger partial charge in [0, 0.05) is 23.3 Å².